The largest absolute Gasteiger partial charge is 0.465 e. The Morgan fingerprint density at radius 2 is 1.85 bits per heavy atom. The number of hydrogen-bond acceptors (Lipinski definition) is 8. The van der Waals surface area contributed by atoms with Gasteiger partial charge in [-0.15, -0.1) is 0 Å². The standard InChI is InChI=1S/C30H29N7O4/c1-41-29(40)22-9-5-8-21(15-22)25-17-34-27(32-13-12-19-6-3-2-4-7-19)28(39)37(25)18-26(38)33-16-20-10-11-23-24(14-20)36-30(31)35-23/h2-11,14-15,17H,12-13,16,18H2,1H3,(H,32,34)(H,33,38)(H3,31,35,36). The maximum Gasteiger partial charge on any atom is 0.337 e. The Kier molecular flexibility index (Phi) is 8.05. The fourth-order valence-electron chi connectivity index (χ4n) is 4.48. The number of aromatic nitrogens is 4. The van der Waals surface area contributed by atoms with Crippen molar-refractivity contribution in [3.63, 3.8) is 0 Å². The van der Waals surface area contributed by atoms with E-state index >= 15 is 0 Å². The van der Waals surface area contributed by atoms with Crippen LogP contribution in [0.1, 0.15) is 21.5 Å². The van der Waals surface area contributed by atoms with E-state index in [1.807, 2.05) is 48.5 Å². The summed E-state index contributed by atoms with van der Waals surface area (Å²) in [5.41, 5.74) is 9.96. The van der Waals surface area contributed by atoms with Crippen LogP contribution in [0.15, 0.2) is 83.8 Å². The molecule has 1 amide bonds. The lowest BCUT2D eigenvalue weighted by atomic mass is 10.1. The van der Waals surface area contributed by atoms with Gasteiger partial charge in [0, 0.05) is 18.7 Å². The maximum atomic E-state index is 13.6. The summed E-state index contributed by atoms with van der Waals surface area (Å²) >= 11 is 0. The summed E-state index contributed by atoms with van der Waals surface area (Å²) in [6, 6.07) is 22.0. The van der Waals surface area contributed by atoms with Gasteiger partial charge in [0.15, 0.2) is 11.8 Å². The Morgan fingerprint density at radius 3 is 2.66 bits per heavy atom. The number of hydrogen-bond donors (Lipinski definition) is 4. The molecule has 208 valence electrons. The molecule has 0 aliphatic heterocycles. The zero-order valence-electron chi connectivity index (χ0n) is 22.4. The number of anilines is 2. The number of carbonyl (C=O) groups excluding carboxylic acids is 2. The molecule has 0 radical (unpaired) electrons. The molecule has 0 aliphatic carbocycles. The minimum atomic E-state index is -0.512. The number of imidazole rings is 1. The number of rotatable bonds is 10. The van der Waals surface area contributed by atoms with Crippen LogP contribution < -0.4 is 21.9 Å². The van der Waals surface area contributed by atoms with Crippen LogP contribution in [0.2, 0.25) is 0 Å². The van der Waals surface area contributed by atoms with E-state index in [2.05, 4.69) is 25.6 Å². The van der Waals surface area contributed by atoms with Gasteiger partial charge in [-0.05, 0) is 41.8 Å². The number of nitrogens with one attached hydrogen (secondary N) is 3. The van der Waals surface area contributed by atoms with Gasteiger partial charge in [0.1, 0.15) is 6.54 Å². The predicted octanol–water partition coefficient (Wildman–Crippen LogP) is 3.13. The highest BCUT2D eigenvalue weighted by atomic mass is 16.5. The Hall–Kier alpha value is -5.45. The third kappa shape index (κ3) is 6.41. The van der Waals surface area contributed by atoms with E-state index in [-0.39, 0.29) is 24.8 Å². The molecule has 0 saturated carbocycles. The molecule has 5 aromatic rings. The number of nitrogen functional groups attached to an aromatic ring is 1. The Bertz CT molecular complexity index is 1760. The molecule has 41 heavy (non-hydrogen) atoms. The van der Waals surface area contributed by atoms with Crippen molar-refractivity contribution < 1.29 is 14.3 Å². The van der Waals surface area contributed by atoms with Gasteiger partial charge in [0.05, 0.1) is 35.6 Å². The summed E-state index contributed by atoms with van der Waals surface area (Å²) in [5, 5.41) is 5.97. The summed E-state index contributed by atoms with van der Waals surface area (Å²) in [4.78, 5) is 50.3. The van der Waals surface area contributed by atoms with Crippen molar-refractivity contribution in [1.82, 2.24) is 24.8 Å². The molecule has 11 heteroatoms. The fraction of sp³-hybridized carbons (Fsp3) is 0.167. The van der Waals surface area contributed by atoms with E-state index in [0.29, 0.717) is 35.7 Å². The molecule has 5 N–H and O–H groups in total. The smallest absolute Gasteiger partial charge is 0.337 e. The van der Waals surface area contributed by atoms with Crippen LogP contribution in [0.25, 0.3) is 22.3 Å². The summed E-state index contributed by atoms with van der Waals surface area (Å²) in [7, 11) is 1.30. The Balaban J connectivity index is 1.39. The fourth-order valence-corrected chi connectivity index (χ4v) is 4.48. The van der Waals surface area contributed by atoms with Crippen molar-refractivity contribution in [2.24, 2.45) is 0 Å². The Morgan fingerprint density at radius 1 is 1.02 bits per heavy atom. The van der Waals surface area contributed by atoms with E-state index in [9.17, 15) is 14.4 Å². The first kappa shape index (κ1) is 27.1. The number of carbonyl (C=O) groups is 2. The topological polar surface area (TPSA) is 157 Å². The molecule has 3 aromatic carbocycles. The van der Waals surface area contributed by atoms with Gasteiger partial charge in [0.2, 0.25) is 5.91 Å². The van der Waals surface area contributed by atoms with Crippen LogP contribution in [0.4, 0.5) is 11.8 Å². The average molecular weight is 552 g/mol. The number of fused-ring (bicyclic) bond motifs is 1. The molecule has 5 rings (SSSR count). The van der Waals surface area contributed by atoms with Crippen molar-refractivity contribution in [3.05, 3.63) is 106 Å². The first-order valence-electron chi connectivity index (χ1n) is 13.0. The lowest BCUT2D eigenvalue weighted by Gasteiger charge is -2.15. The molecule has 2 aromatic heterocycles. The number of methoxy groups -OCH3 is 1. The van der Waals surface area contributed by atoms with Crippen molar-refractivity contribution in [1.29, 1.82) is 0 Å². The van der Waals surface area contributed by atoms with Crippen LogP contribution in [0.3, 0.4) is 0 Å². The van der Waals surface area contributed by atoms with Gasteiger partial charge in [-0.2, -0.15) is 0 Å². The van der Waals surface area contributed by atoms with Crippen molar-refractivity contribution in [2.75, 3.05) is 24.7 Å². The summed E-state index contributed by atoms with van der Waals surface area (Å²) < 4.78 is 6.19. The first-order chi connectivity index (χ1) is 19.9. The average Bonchev–Trinajstić information content (AvgIpc) is 3.37. The van der Waals surface area contributed by atoms with Gasteiger partial charge < -0.3 is 26.1 Å². The van der Waals surface area contributed by atoms with Crippen LogP contribution in [-0.2, 0) is 29.0 Å². The molecule has 0 saturated heterocycles. The zero-order chi connectivity index (χ0) is 28.8. The molecule has 0 fully saturated rings. The van der Waals surface area contributed by atoms with E-state index in [1.165, 1.54) is 17.9 Å². The van der Waals surface area contributed by atoms with E-state index < -0.39 is 11.5 Å². The second-order valence-corrected chi connectivity index (χ2v) is 9.37. The highest BCUT2D eigenvalue weighted by Crippen LogP contribution is 2.20. The second-order valence-electron chi connectivity index (χ2n) is 9.37. The summed E-state index contributed by atoms with van der Waals surface area (Å²) in [5.74, 6) is -0.441. The normalized spacial score (nSPS) is 10.9. The molecular formula is C30H29N7O4. The third-order valence-electron chi connectivity index (χ3n) is 6.54. The van der Waals surface area contributed by atoms with E-state index in [1.54, 1.807) is 24.3 Å². The quantitative estimate of drug-likeness (QED) is 0.193. The molecule has 0 unspecified atom stereocenters. The minimum Gasteiger partial charge on any atom is -0.465 e. The summed E-state index contributed by atoms with van der Waals surface area (Å²) in [6.45, 7) is 0.463. The monoisotopic (exact) mass is 551 g/mol. The number of H-pyrrole nitrogens is 1. The molecule has 2 heterocycles. The number of ether oxygens (including phenoxy) is 1. The van der Waals surface area contributed by atoms with Crippen LogP contribution in [0.5, 0.6) is 0 Å². The molecular weight excluding hydrogens is 522 g/mol. The highest BCUT2D eigenvalue weighted by Gasteiger charge is 2.17. The lowest BCUT2D eigenvalue weighted by molar-refractivity contribution is -0.121. The van der Waals surface area contributed by atoms with Gasteiger partial charge in [-0.3, -0.25) is 14.2 Å². The van der Waals surface area contributed by atoms with Gasteiger partial charge in [-0.1, -0.05) is 48.5 Å². The lowest BCUT2D eigenvalue weighted by Crippen LogP contribution is -2.34. The van der Waals surface area contributed by atoms with Crippen molar-refractivity contribution in [2.45, 2.75) is 19.5 Å². The minimum absolute atomic E-state index is 0.129. The molecule has 11 nitrogen and oxygen atoms in total. The SMILES string of the molecule is COC(=O)c1cccc(-c2cnc(NCCc3ccccc3)c(=O)n2CC(=O)NCc2ccc3nc(N)[nH]c3c2)c1. The molecule has 0 atom stereocenters. The highest BCUT2D eigenvalue weighted by molar-refractivity contribution is 5.90. The third-order valence-corrected chi connectivity index (χ3v) is 6.54. The number of aromatic amines is 1. The van der Waals surface area contributed by atoms with Crippen LogP contribution in [-0.4, -0.2) is 45.1 Å². The number of benzene rings is 3. The van der Waals surface area contributed by atoms with Crippen LogP contribution in [0, 0.1) is 0 Å². The molecule has 0 bridgehead atoms. The van der Waals surface area contributed by atoms with Gasteiger partial charge >= 0.3 is 5.97 Å². The summed E-state index contributed by atoms with van der Waals surface area (Å²) in [6.07, 6.45) is 2.21. The van der Waals surface area contributed by atoms with Gasteiger partial charge in [-0.25, -0.2) is 14.8 Å². The second kappa shape index (κ2) is 12.2. The number of esters is 1. The van der Waals surface area contributed by atoms with Crippen LogP contribution >= 0.6 is 0 Å². The number of amides is 1. The van der Waals surface area contributed by atoms with Crippen molar-refractivity contribution in [3.8, 4) is 11.3 Å². The maximum absolute atomic E-state index is 13.6. The number of nitrogens with two attached hydrogens (primary N) is 1. The first-order valence-corrected chi connectivity index (χ1v) is 13.0. The molecule has 0 spiro atoms. The Labute approximate surface area is 235 Å². The molecule has 0 aliphatic rings. The zero-order valence-corrected chi connectivity index (χ0v) is 22.4. The number of nitrogens with zero attached hydrogens (tertiary/aromatic N) is 3. The predicted molar refractivity (Wildman–Crippen MR) is 156 cm³/mol. The van der Waals surface area contributed by atoms with E-state index in [4.69, 9.17) is 10.5 Å². The van der Waals surface area contributed by atoms with Gasteiger partial charge in [0.25, 0.3) is 5.56 Å². The van der Waals surface area contributed by atoms with Crippen molar-refractivity contribution >= 4 is 34.7 Å². The van der Waals surface area contributed by atoms with E-state index in [0.717, 1.165) is 22.2 Å².